The van der Waals surface area contributed by atoms with Crippen LogP contribution in [0.25, 0.3) is 0 Å². The van der Waals surface area contributed by atoms with Crippen LogP contribution >= 0.6 is 27.5 Å². The van der Waals surface area contributed by atoms with Gasteiger partial charge >= 0.3 is 0 Å². The number of benzene rings is 2. The summed E-state index contributed by atoms with van der Waals surface area (Å²) in [4.78, 5) is 8.58. The highest BCUT2D eigenvalue weighted by molar-refractivity contribution is 9.10. The van der Waals surface area contributed by atoms with E-state index in [-0.39, 0.29) is 12.4 Å². The third kappa shape index (κ3) is 4.85. The van der Waals surface area contributed by atoms with Gasteiger partial charge in [-0.05, 0) is 42.3 Å². The summed E-state index contributed by atoms with van der Waals surface area (Å²) in [6, 6.07) is 12.4. The summed E-state index contributed by atoms with van der Waals surface area (Å²) < 4.78 is 0.887. The Morgan fingerprint density at radius 3 is 2.69 bits per heavy atom. The van der Waals surface area contributed by atoms with E-state index >= 15 is 0 Å². The van der Waals surface area contributed by atoms with Gasteiger partial charge in [0.1, 0.15) is 10.8 Å². The predicted molar refractivity (Wildman–Crippen MR) is 107 cm³/mol. The van der Waals surface area contributed by atoms with E-state index in [2.05, 4.69) is 36.5 Å². The molecule has 0 fully saturated rings. The van der Waals surface area contributed by atoms with Crippen molar-refractivity contribution in [3.63, 3.8) is 0 Å². The van der Waals surface area contributed by atoms with E-state index in [1.165, 1.54) is 6.20 Å². The van der Waals surface area contributed by atoms with E-state index in [0.717, 1.165) is 15.7 Å². The van der Waals surface area contributed by atoms with E-state index in [0.29, 0.717) is 28.9 Å². The van der Waals surface area contributed by atoms with Crippen molar-refractivity contribution in [2.24, 2.45) is 0 Å². The molecular formula is C18H16BrClN4O2. The lowest BCUT2D eigenvalue weighted by atomic mass is 10.1. The van der Waals surface area contributed by atoms with Crippen LogP contribution in [-0.2, 0) is 6.42 Å². The summed E-state index contributed by atoms with van der Waals surface area (Å²) in [6.45, 7) is 0.0747. The molecule has 26 heavy (non-hydrogen) atoms. The zero-order valence-electron chi connectivity index (χ0n) is 13.6. The van der Waals surface area contributed by atoms with Crippen LogP contribution in [0.15, 0.2) is 53.1 Å². The number of nitrogens with zero attached hydrogens (tertiary/aromatic N) is 2. The van der Waals surface area contributed by atoms with E-state index in [9.17, 15) is 5.11 Å². The highest BCUT2D eigenvalue weighted by Crippen LogP contribution is 2.27. The molecule has 8 heteroatoms. The fraction of sp³-hybridized carbons (Fsp3) is 0.111. The number of hydrogen-bond donors (Lipinski definition) is 4. The van der Waals surface area contributed by atoms with Gasteiger partial charge in [-0.1, -0.05) is 33.6 Å². The van der Waals surface area contributed by atoms with Crippen LogP contribution in [0.1, 0.15) is 5.56 Å². The average molecular weight is 436 g/mol. The number of halogens is 2. The molecule has 3 aromatic rings. The van der Waals surface area contributed by atoms with Gasteiger partial charge < -0.3 is 20.8 Å². The fourth-order valence-electron chi connectivity index (χ4n) is 2.36. The Hall–Kier alpha value is -2.35. The SMILES string of the molecule is OCCc1cc(Br)cc(Nc2ncc(Cl)c(Nc3cccc(O)c3)n2)c1. The van der Waals surface area contributed by atoms with Crippen LogP contribution in [0.2, 0.25) is 5.02 Å². The van der Waals surface area contributed by atoms with Crippen molar-refractivity contribution in [2.75, 3.05) is 17.2 Å². The van der Waals surface area contributed by atoms with Crippen LogP contribution in [0, 0.1) is 0 Å². The smallest absolute Gasteiger partial charge is 0.229 e. The quantitative estimate of drug-likeness (QED) is 0.452. The molecule has 0 aliphatic heterocycles. The molecule has 1 heterocycles. The standard InChI is InChI=1S/C18H16BrClN4O2/c19-12-6-11(4-5-25)7-14(8-12)23-18-21-10-16(20)17(24-18)22-13-2-1-3-15(26)9-13/h1-3,6-10,25-26H,4-5H2,(H2,21,22,23,24). The van der Waals surface area contributed by atoms with Gasteiger partial charge in [-0.25, -0.2) is 4.98 Å². The fourth-order valence-corrected chi connectivity index (χ4v) is 3.04. The van der Waals surface area contributed by atoms with E-state index in [4.69, 9.17) is 16.7 Å². The molecule has 4 N–H and O–H groups in total. The van der Waals surface area contributed by atoms with Crippen molar-refractivity contribution in [1.29, 1.82) is 0 Å². The van der Waals surface area contributed by atoms with Crippen molar-refractivity contribution >= 4 is 50.7 Å². The Balaban J connectivity index is 1.83. The summed E-state index contributed by atoms with van der Waals surface area (Å²) in [7, 11) is 0. The number of phenols is 1. The Bertz CT molecular complexity index is 923. The molecule has 6 nitrogen and oxygen atoms in total. The Labute approximate surface area is 164 Å². The molecule has 0 saturated heterocycles. The molecule has 0 saturated carbocycles. The minimum absolute atomic E-state index is 0.0747. The first-order valence-corrected chi connectivity index (χ1v) is 8.96. The third-order valence-corrected chi connectivity index (χ3v) is 4.20. The Morgan fingerprint density at radius 2 is 1.92 bits per heavy atom. The van der Waals surface area contributed by atoms with Crippen LogP contribution in [-0.4, -0.2) is 26.8 Å². The highest BCUT2D eigenvalue weighted by atomic mass is 79.9. The summed E-state index contributed by atoms with van der Waals surface area (Å²) in [5, 5.41) is 25.2. The van der Waals surface area contributed by atoms with Gasteiger partial charge in [-0.2, -0.15) is 4.98 Å². The maximum absolute atomic E-state index is 9.57. The molecule has 134 valence electrons. The number of aromatic nitrogens is 2. The molecule has 0 bridgehead atoms. The van der Waals surface area contributed by atoms with Crippen molar-refractivity contribution in [1.82, 2.24) is 9.97 Å². The molecule has 1 aromatic heterocycles. The van der Waals surface area contributed by atoms with Crippen molar-refractivity contribution in [2.45, 2.75) is 6.42 Å². The average Bonchev–Trinajstić information content (AvgIpc) is 2.58. The molecule has 0 amide bonds. The first-order valence-electron chi connectivity index (χ1n) is 7.79. The van der Waals surface area contributed by atoms with Crippen molar-refractivity contribution in [3.05, 3.63) is 63.7 Å². The minimum atomic E-state index is 0.0747. The number of aromatic hydroxyl groups is 1. The molecule has 0 unspecified atom stereocenters. The second-order valence-corrected chi connectivity index (χ2v) is 6.84. The summed E-state index contributed by atoms with van der Waals surface area (Å²) in [5.74, 6) is 0.925. The number of anilines is 4. The second-order valence-electron chi connectivity index (χ2n) is 5.51. The normalized spacial score (nSPS) is 10.6. The van der Waals surface area contributed by atoms with Crippen molar-refractivity contribution < 1.29 is 10.2 Å². The zero-order valence-corrected chi connectivity index (χ0v) is 15.9. The van der Waals surface area contributed by atoms with E-state index in [1.807, 2.05) is 18.2 Å². The van der Waals surface area contributed by atoms with Gasteiger partial charge in [0.2, 0.25) is 5.95 Å². The third-order valence-electron chi connectivity index (χ3n) is 3.47. The monoisotopic (exact) mass is 434 g/mol. The molecule has 0 aliphatic rings. The lowest BCUT2D eigenvalue weighted by Crippen LogP contribution is -2.02. The number of nitrogens with one attached hydrogen (secondary N) is 2. The van der Waals surface area contributed by atoms with E-state index < -0.39 is 0 Å². The summed E-state index contributed by atoms with van der Waals surface area (Å²) >= 11 is 9.62. The molecular weight excluding hydrogens is 420 g/mol. The zero-order chi connectivity index (χ0) is 18.5. The maximum Gasteiger partial charge on any atom is 0.229 e. The van der Waals surface area contributed by atoms with Crippen LogP contribution in [0.3, 0.4) is 0 Å². The van der Waals surface area contributed by atoms with E-state index in [1.54, 1.807) is 24.3 Å². The largest absolute Gasteiger partial charge is 0.508 e. The van der Waals surface area contributed by atoms with Crippen molar-refractivity contribution in [3.8, 4) is 5.75 Å². The second kappa shape index (κ2) is 8.35. The van der Waals surface area contributed by atoms with Gasteiger partial charge in [0.25, 0.3) is 0 Å². The first kappa shape index (κ1) is 18.4. The topological polar surface area (TPSA) is 90.3 Å². The number of hydrogen-bond acceptors (Lipinski definition) is 6. The van der Waals surface area contributed by atoms with Gasteiger partial charge in [0.05, 0.1) is 6.20 Å². The minimum Gasteiger partial charge on any atom is -0.508 e. The van der Waals surface area contributed by atoms with Gasteiger partial charge in [0, 0.05) is 28.5 Å². The number of aliphatic hydroxyl groups is 1. The number of rotatable bonds is 6. The molecule has 3 rings (SSSR count). The van der Waals surface area contributed by atoms with Gasteiger partial charge in [-0.3, -0.25) is 0 Å². The highest BCUT2D eigenvalue weighted by Gasteiger charge is 2.08. The van der Waals surface area contributed by atoms with Gasteiger partial charge in [0.15, 0.2) is 5.82 Å². The maximum atomic E-state index is 9.57. The van der Waals surface area contributed by atoms with Gasteiger partial charge in [-0.15, -0.1) is 0 Å². The first-order chi connectivity index (χ1) is 12.5. The lowest BCUT2D eigenvalue weighted by Gasteiger charge is -2.11. The van der Waals surface area contributed by atoms with Crippen LogP contribution in [0.4, 0.5) is 23.1 Å². The molecule has 0 spiro atoms. The Kier molecular flexibility index (Phi) is 5.92. The Morgan fingerprint density at radius 1 is 1.08 bits per heavy atom. The molecule has 2 aromatic carbocycles. The lowest BCUT2D eigenvalue weighted by molar-refractivity contribution is 0.299. The van der Waals surface area contributed by atoms with Crippen LogP contribution < -0.4 is 10.6 Å². The summed E-state index contributed by atoms with van der Waals surface area (Å²) in [6.07, 6.45) is 2.05. The molecule has 0 radical (unpaired) electrons. The number of aliphatic hydroxyl groups excluding tert-OH is 1. The molecule has 0 aliphatic carbocycles. The number of phenolic OH excluding ortho intramolecular Hbond substituents is 1. The van der Waals surface area contributed by atoms with Crippen LogP contribution in [0.5, 0.6) is 5.75 Å². The summed E-state index contributed by atoms with van der Waals surface area (Å²) in [5.41, 5.74) is 2.43. The molecule has 0 atom stereocenters. The predicted octanol–water partition coefficient (Wildman–Crippen LogP) is 4.62.